The lowest BCUT2D eigenvalue weighted by molar-refractivity contribution is 0.103. The molecular formula is C16H14FNO2. The second-order valence-corrected chi connectivity index (χ2v) is 4.81. The minimum Gasteiger partial charge on any atom is -0.493 e. The van der Waals surface area contributed by atoms with E-state index in [1.807, 2.05) is 12.1 Å². The van der Waals surface area contributed by atoms with Gasteiger partial charge in [-0.2, -0.15) is 0 Å². The van der Waals surface area contributed by atoms with Crippen LogP contribution in [0.3, 0.4) is 0 Å². The number of carbonyl (C=O) groups is 1. The molecule has 20 heavy (non-hydrogen) atoms. The van der Waals surface area contributed by atoms with Crippen molar-refractivity contribution in [3.05, 3.63) is 58.9 Å². The first-order valence-corrected chi connectivity index (χ1v) is 6.51. The second kappa shape index (κ2) is 4.96. The van der Waals surface area contributed by atoms with Crippen molar-refractivity contribution in [3.63, 3.8) is 0 Å². The molecule has 3 nitrogen and oxygen atoms in total. The number of anilines is 1. The van der Waals surface area contributed by atoms with E-state index in [2.05, 4.69) is 0 Å². The van der Waals surface area contributed by atoms with Crippen molar-refractivity contribution in [1.82, 2.24) is 0 Å². The highest BCUT2D eigenvalue weighted by atomic mass is 19.1. The van der Waals surface area contributed by atoms with E-state index in [-0.39, 0.29) is 17.0 Å². The summed E-state index contributed by atoms with van der Waals surface area (Å²) in [7, 11) is 0. The summed E-state index contributed by atoms with van der Waals surface area (Å²) < 4.78 is 19.1. The lowest BCUT2D eigenvalue weighted by atomic mass is 9.96. The summed E-state index contributed by atoms with van der Waals surface area (Å²) in [4.78, 5) is 12.5. The Morgan fingerprint density at radius 1 is 1.25 bits per heavy atom. The molecule has 2 aromatic rings. The van der Waals surface area contributed by atoms with Gasteiger partial charge < -0.3 is 10.5 Å². The minimum atomic E-state index is -0.582. The summed E-state index contributed by atoms with van der Waals surface area (Å²) in [6.45, 7) is 0.605. The van der Waals surface area contributed by atoms with Crippen LogP contribution in [0.5, 0.6) is 5.75 Å². The Labute approximate surface area is 116 Å². The lowest BCUT2D eigenvalue weighted by Crippen LogP contribution is -2.13. The predicted octanol–water partition coefficient (Wildman–Crippen LogP) is 2.96. The Morgan fingerprint density at radius 3 is 2.90 bits per heavy atom. The molecule has 102 valence electrons. The van der Waals surface area contributed by atoms with Crippen LogP contribution in [0.15, 0.2) is 36.4 Å². The molecular weight excluding hydrogens is 257 g/mol. The van der Waals surface area contributed by atoms with Gasteiger partial charge in [0.1, 0.15) is 11.6 Å². The third-order valence-corrected chi connectivity index (χ3v) is 3.44. The smallest absolute Gasteiger partial charge is 0.196 e. The van der Waals surface area contributed by atoms with Crippen molar-refractivity contribution in [1.29, 1.82) is 0 Å². The summed E-state index contributed by atoms with van der Waals surface area (Å²) >= 11 is 0. The first-order chi connectivity index (χ1) is 9.66. The van der Waals surface area contributed by atoms with Gasteiger partial charge in [0, 0.05) is 5.56 Å². The molecule has 0 amide bonds. The molecule has 0 bridgehead atoms. The topological polar surface area (TPSA) is 52.3 Å². The molecule has 3 rings (SSSR count). The summed E-state index contributed by atoms with van der Waals surface area (Å²) in [5, 5.41) is 0. The maximum absolute atomic E-state index is 13.5. The van der Waals surface area contributed by atoms with Gasteiger partial charge in [0.15, 0.2) is 5.78 Å². The van der Waals surface area contributed by atoms with E-state index in [1.54, 1.807) is 6.07 Å². The van der Waals surface area contributed by atoms with Crippen LogP contribution >= 0.6 is 0 Å². The van der Waals surface area contributed by atoms with E-state index in [0.717, 1.165) is 18.4 Å². The first kappa shape index (κ1) is 12.7. The van der Waals surface area contributed by atoms with Crippen molar-refractivity contribution >= 4 is 11.5 Å². The molecule has 0 saturated carbocycles. The Hall–Kier alpha value is -2.36. The molecule has 0 unspecified atom stereocenters. The number of rotatable bonds is 2. The third kappa shape index (κ3) is 2.13. The van der Waals surface area contributed by atoms with Crippen LogP contribution in [0.25, 0.3) is 0 Å². The largest absolute Gasteiger partial charge is 0.493 e. The van der Waals surface area contributed by atoms with Gasteiger partial charge in [-0.25, -0.2) is 4.39 Å². The molecule has 0 spiro atoms. The number of para-hydroxylation sites is 1. The normalized spacial score (nSPS) is 13.4. The van der Waals surface area contributed by atoms with Gasteiger partial charge in [-0.15, -0.1) is 0 Å². The van der Waals surface area contributed by atoms with Crippen LogP contribution in [0.2, 0.25) is 0 Å². The molecule has 1 aliphatic heterocycles. The van der Waals surface area contributed by atoms with E-state index in [0.29, 0.717) is 17.9 Å². The third-order valence-electron chi connectivity index (χ3n) is 3.44. The summed E-state index contributed by atoms with van der Waals surface area (Å²) in [6.07, 6.45) is 1.84. The molecule has 0 aromatic heterocycles. The van der Waals surface area contributed by atoms with E-state index in [4.69, 9.17) is 10.5 Å². The molecule has 1 heterocycles. The highest BCUT2D eigenvalue weighted by Crippen LogP contribution is 2.30. The summed E-state index contributed by atoms with van der Waals surface area (Å²) in [5.41, 5.74) is 7.24. The summed E-state index contributed by atoms with van der Waals surface area (Å²) in [6, 6.07) is 9.59. The Morgan fingerprint density at radius 2 is 2.10 bits per heavy atom. The van der Waals surface area contributed by atoms with Crippen molar-refractivity contribution in [2.24, 2.45) is 0 Å². The molecule has 0 aliphatic carbocycles. The van der Waals surface area contributed by atoms with E-state index in [9.17, 15) is 9.18 Å². The maximum Gasteiger partial charge on any atom is 0.196 e. The standard InChI is InChI=1S/C16H14FNO2/c17-13-9-11(6-7-14(13)18)15(19)12-5-1-3-10-4-2-8-20-16(10)12/h1,3,5-7,9H,2,4,8,18H2. The summed E-state index contributed by atoms with van der Waals surface area (Å²) in [5.74, 6) is -0.204. The van der Waals surface area contributed by atoms with Gasteiger partial charge in [0.2, 0.25) is 0 Å². The fraction of sp³-hybridized carbons (Fsp3) is 0.188. The average Bonchev–Trinajstić information content (AvgIpc) is 2.49. The predicted molar refractivity (Wildman–Crippen MR) is 74.5 cm³/mol. The number of nitrogens with two attached hydrogens (primary N) is 1. The number of halogens is 1. The van der Waals surface area contributed by atoms with Crippen molar-refractivity contribution in [2.45, 2.75) is 12.8 Å². The highest BCUT2D eigenvalue weighted by molar-refractivity contribution is 6.11. The highest BCUT2D eigenvalue weighted by Gasteiger charge is 2.20. The number of benzene rings is 2. The van der Waals surface area contributed by atoms with Gasteiger partial charge >= 0.3 is 0 Å². The van der Waals surface area contributed by atoms with Crippen LogP contribution in [0.4, 0.5) is 10.1 Å². The minimum absolute atomic E-state index is 0.0351. The lowest BCUT2D eigenvalue weighted by Gasteiger charge is -2.19. The van der Waals surface area contributed by atoms with Crippen LogP contribution in [0, 0.1) is 5.82 Å². The number of hydrogen-bond donors (Lipinski definition) is 1. The van der Waals surface area contributed by atoms with Crippen LogP contribution in [0.1, 0.15) is 27.9 Å². The van der Waals surface area contributed by atoms with Crippen LogP contribution in [-0.2, 0) is 6.42 Å². The number of fused-ring (bicyclic) bond motifs is 1. The number of ketones is 1. The van der Waals surface area contributed by atoms with Crippen molar-refractivity contribution < 1.29 is 13.9 Å². The maximum atomic E-state index is 13.5. The quantitative estimate of drug-likeness (QED) is 0.675. The number of ether oxygens (including phenoxy) is 1. The second-order valence-electron chi connectivity index (χ2n) is 4.81. The SMILES string of the molecule is Nc1ccc(C(=O)c2cccc3c2OCCC3)cc1F. The number of carbonyl (C=O) groups excluding carboxylic acids is 1. The fourth-order valence-corrected chi connectivity index (χ4v) is 2.39. The monoisotopic (exact) mass is 271 g/mol. The van der Waals surface area contributed by atoms with Gasteiger partial charge in [-0.1, -0.05) is 12.1 Å². The fourth-order valence-electron chi connectivity index (χ4n) is 2.39. The number of nitrogen functional groups attached to an aromatic ring is 1. The Bertz CT molecular complexity index is 682. The van der Waals surface area contributed by atoms with Crippen molar-refractivity contribution in [2.75, 3.05) is 12.3 Å². The molecule has 0 radical (unpaired) electrons. The molecule has 0 saturated heterocycles. The molecule has 0 atom stereocenters. The zero-order valence-electron chi connectivity index (χ0n) is 10.9. The zero-order chi connectivity index (χ0) is 14.1. The van der Waals surface area contributed by atoms with Crippen molar-refractivity contribution in [3.8, 4) is 5.75 Å². The van der Waals surface area contributed by atoms with E-state index in [1.165, 1.54) is 18.2 Å². The molecule has 2 N–H and O–H groups in total. The molecule has 1 aliphatic rings. The molecule has 2 aromatic carbocycles. The van der Waals surface area contributed by atoms with Gasteiger partial charge in [-0.3, -0.25) is 4.79 Å². The first-order valence-electron chi connectivity index (χ1n) is 6.51. The van der Waals surface area contributed by atoms with E-state index >= 15 is 0 Å². The molecule has 4 heteroatoms. The van der Waals surface area contributed by atoms with Crippen LogP contribution in [-0.4, -0.2) is 12.4 Å². The Kier molecular flexibility index (Phi) is 3.14. The van der Waals surface area contributed by atoms with E-state index < -0.39 is 5.82 Å². The average molecular weight is 271 g/mol. The van der Waals surface area contributed by atoms with Gasteiger partial charge in [-0.05, 0) is 42.7 Å². The zero-order valence-corrected chi connectivity index (χ0v) is 10.9. The Balaban J connectivity index is 2.04. The van der Waals surface area contributed by atoms with Gasteiger partial charge in [0.05, 0.1) is 17.9 Å². The molecule has 0 fully saturated rings. The number of hydrogen-bond acceptors (Lipinski definition) is 3. The van der Waals surface area contributed by atoms with Gasteiger partial charge in [0.25, 0.3) is 0 Å². The number of aryl methyl sites for hydroxylation is 1. The van der Waals surface area contributed by atoms with Crippen LogP contribution < -0.4 is 10.5 Å².